The predicted molar refractivity (Wildman–Crippen MR) is 97.2 cm³/mol. The van der Waals surface area contributed by atoms with Crippen LogP contribution in [0.2, 0.25) is 0 Å². The van der Waals surface area contributed by atoms with Crippen molar-refractivity contribution >= 4 is 11.8 Å². The molecule has 0 aliphatic carbocycles. The van der Waals surface area contributed by atoms with Crippen LogP contribution in [0.15, 0.2) is 53.7 Å². The third kappa shape index (κ3) is 4.60. The van der Waals surface area contributed by atoms with Crippen molar-refractivity contribution in [3.05, 3.63) is 71.3 Å². The highest BCUT2D eigenvalue weighted by Crippen LogP contribution is 2.23. The van der Waals surface area contributed by atoms with E-state index in [2.05, 4.69) is 48.3 Å². The second-order valence-corrected chi connectivity index (χ2v) is 6.61. The maximum absolute atomic E-state index is 12.9. The molecule has 1 heterocycles. The largest absolute Gasteiger partial charge is 0.486 e. The number of hydrogen-bond donors (Lipinski definition) is 0. The van der Waals surface area contributed by atoms with E-state index in [1.54, 1.807) is 23.9 Å². The van der Waals surface area contributed by atoms with Crippen LogP contribution in [0.4, 0.5) is 4.39 Å². The lowest BCUT2D eigenvalue weighted by molar-refractivity contribution is 0.288. The van der Waals surface area contributed by atoms with Gasteiger partial charge in [-0.25, -0.2) is 4.39 Å². The van der Waals surface area contributed by atoms with E-state index >= 15 is 0 Å². The van der Waals surface area contributed by atoms with E-state index in [0.717, 1.165) is 23.3 Å². The van der Waals surface area contributed by atoms with Gasteiger partial charge in [-0.15, -0.1) is 10.2 Å². The molecule has 3 rings (SSSR count). The fourth-order valence-corrected chi connectivity index (χ4v) is 3.44. The van der Waals surface area contributed by atoms with Crippen molar-refractivity contribution in [1.29, 1.82) is 0 Å². The van der Waals surface area contributed by atoms with Crippen LogP contribution in [-0.4, -0.2) is 14.8 Å². The van der Waals surface area contributed by atoms with E-state index in [1.165, 1.54) is 23.3 Å². The fraction of sp³-hybridized carbons (Fsp3) is 0.263. The Morgan fingerprint density at radius 2 is 1.92 bits per heavy atom. The smallest absolute Gasteiger partial charge is 0.191 e. The lowest BCUT2D eigenvalue weighted by atomic mass is 10.2. The van der Waals surface area contributed by atoms with Gasteiger partial charge < -0.3 is 9.30 Å². The van der Waals surface area contributed by atoms with Crippen molar-refractivity contribution in [1.82, 2.24) is 14.8 Å². The van der Waals surface area contributed by atoms with E-state index in [1.807, 2.05) is 4.57 Å². The highest BCUT2D eigenvalue weighted by molar-refractivity contribution is 7.98. The first-order valence-corrected chi connectivity index (χ1v) is 9.13. The number of thioether (sulfide) groups is 1. The number of aryl methyl sites for hydroxylation is 1. The minimum Gasteiger partial charge on any atom is -0.486 e. The molecular formula is C19H20FN3OS. The quantitative estimate of drug-likeness (QED) is 0.579. The lowest BCUT2D eigenvalue weighted by Gasteiger charge is -2.09. The number of hydrogen-bond acceptors (Lipinski definition) is 4. The van der Waals surface area contributed by atoms with Crippen molar-refractivity contribution in [3.63, 3.8) is 0 Å². The molecular weight excluding hydrogens is 337 g/mol. The van der Waals surface area contributed by atoms with Gasteiger partial charge in [-0.2, -0.15) is 0 Å². The molecule has 0 fully saturated rings. The Morgan fingerprint density at radius 3 is 2.64 bits per heavy atom. The molecule has 0 unspecified atom stereocenters. The molecule has 0 aliphatic rings. The van der Waals surface area contributed by atoms with Crippen molar-refractivity contribution in [2.45, 2.75) is 37.9 Å². The zero-order valence-electron chi connectivity index (χ0n) is 14.3. The molecule has 1 aromatic heterocycles. The summed E-state index contributed by atoms with van der Waals surface area (Å²) < 4.78 is 20.7. The first-order valence-electron chi connectivity index (χ1n) is 8.14. The normalized spacial score (nSPS) is 10.8. The van der Waals surface area contributed by atoms with E-state index < -0.39 is 0 Å². The first-order chi connectivity index (χ1) is 12.2. The topological polar surface area (TPSA) is 39.9 Å². The summed E-state index contributed by atoms with van der Waals surface area (Å²) in [5.41, 5.74) is 2.52. The van der Waals surface area contributed by atoms with Gasteiger partial charge in [0.05, 0.1) is 0 Å². The van der Waals surface area contributed by atoms with Gasteiger partial charge in [0.15, 0.2) is 11.0 Å². The molecule has 0 radical (unpaired) electrons. The summed E-state index contributed by atoms with van der Waals surface area (Å²) in [6.07, 6.45) is 0. The molecule has 2 aromatic carbocycles. The molecule has 0 saturated carbocycles. The van der Waals surface area contributed by atoms with Crippen molar-refractivity contribution in [2.75, 3.05) is 0 Å². The van der Waals surface area contributed by atoms with Crippen LogP contribution in [0.3, 0.4) is 0 Å². The lowest BCUT2D eigenvalue weighted by Crippen LogP contribution is -2.07. The molecule has 0 saturated heterocycles. The number of rotatable bonds is 7. The van der Waals surface area contributed by atoms with Gasteiger partial charge in [0.2, 0.25) is 0 Å². The van der Waals surface area contributed by atoms with Crippen LogP contribution in [0.25, 0.3) is 0 Å². The van der Waals surface area contributed by atoms with Crippen LogP contribution in [0.5, 0.6) is 5.75 Å². The molecule has 3 aromatic rings. The molecule has 0 atom stereocenters. The SMILES string of the molecule is CCn1c(COc2ccc(F)cc2)nnc1SCc1cccc(C)c1. The maximum atomic E-state index is 12.9. The highest BCUT2D eigenvalue weighted by Gasteiger charge is 2.12. The number of halogens is 1. The summed E-state index contributed by atoms with van der Waals surface area (Å²) in [6.45, 7) is 5.22. The monoisotopic (exact) mass is 357 g/mol. The predicted octanol–water partition coefficient (Wildman–Crippen LogP) is 4.62. The molecule has 0 amide bonds. The van der Waals surface area contributed by atoms with Gasteiger partial charge in [0.25, 0.3) is 0 Å². The Balaban J connectivity index is 1.64. The minimum atomic E-state index is -0.279. The average molecular weight is 357 g/mol. The summed E-state index contributed by atoms with van der Waals surface area (Å²) >= 11 is 1.66. The van der Waals surface area contributed by atoms with Gasteiger partial charge in [-0.3, -0.25) is 0 Å². The molecule has 25 heavy (non-hydrogen) atoms. The molecule has 0 bridgehead atoms. The third-order valence-corrected chi connectivity index (χ3v) is 4.78. The maximum Gasteiger partial charge on any atom is 0.191 e. The van der Waals surface area contributed by atoms with Crippen molar-refractivity contribution in [2.24, 2.45) is 0 Å². The van der Waals surface area contributed by atoms with Gasteiger partial charge in [-0.1, -0.05) is 41.6 Å². The van der Waals surface area contributed by atoms with Gasteiger partial charge in [0.1, 0.15) is 18.2 Å². The molecule has 0 N–H and O–H groups in total. The fourth-order valence-electron chi connectivity index (χ4n) is 2.48. The Kier molecular flexibility index (Phi) is 5.71. The Labute approximate surface area is 151 Å². The standard InChI is InChI=1S/C19H20FN3OS/c1-3-23-18(12-24-17-9-7-16(20)8-10-17)21-22-19(23)25-13-15-6-4-5-14(2)11-15/h4-11H,3,12-13H2,1-2H3. The summed E-state index contributed by atoms with van der Waals surface area (Å²) in [5, 5.41) is 9.41. The van der Waals surface area contributed by atoms with E-state index in [-0.39, 0.29) is 5.82 Å². The molecule has 4 nitrogen and oxygen atoms in total. The van der Waals surface area contributed by atoms with Crippen LogP contribution >= 0.6 is 11.8 Å². The molecule has 0 aliphatic heterocycles. The highest BCUT2D eigenvalue weighted by atomic mass is 32.2. The molecule has 0 spiro atoms. The Bertz CT molecular complexity index is 833. The van der Waals surface area contributed by atoms with Crippen LogP contribution in [0, 0.1) is 12.7 Å². The van der Waals surface area contributed by atoms with Crippen LogP contribution < -0.4 is 4.74 Å². The average Bonchev–Trinajstić information content (AvgIpc) is 3.01. The summed E-state index contributed by atoms with van der Waals surface area (Å²) in [4.78, 5) is 0. The minimum absolute atomic E-state index is 0.279. The van der Waals surface area contributed by atoms with Crippen molar-refractivity contribution < 1.29 is 9.13 Å². The van der Waals surface area contributed by atoms with E-state index in [0.29, 0.717) is 12.4 Å². The second kappa shape index (κ2) is 8.16. The Morgan fingerprint density at radius 1 is 1.12 bits per heavy atom. The Hall–Kier alpha value is -2.34. The third-order valence-electron chi connectivity index (χ3n) is 3.74. The summed E-state index contributed by atoms with van der Waals surface area (Å²) in [5.74, 6) is 1.94. The molecule has 130 valence electrons. The number of aromatic nitrogens is 3. The van der Waals surface area contributed by atoms with Gasteiger partial charge >= 0.3 is 0 Å². The second-order valence-electron chi connectivity index (χ2n) is 5.66. The van der Waals surface area contributed by atoms with E-state index in [9.17, 15) is 4.39 Å². The zero-order valence-corrected chi connectivity index (χ0v) is 15.1. The van der Waals surface area contributed by atoms with E-state index in [4.69, 9.17) is 4.74 Å². The zero-order chi connectivity index (χ0) is 17.6. The van der Waals surface area contributed by atoms with Gasteiger partial charge in [0, 0.05) is 12.3 Å². The molecule has 6 heteroatoms. The van der Waals surface area contributed by atoms with Crippen molar-refractivity contribution in [3.8, 4) is 5.75 Å². The number of benzene rings is 2. The van der Waals surface area contributed by atoms with Crippen LogP contribution in [-0.2, 0) is 18.9 Å². The van der Waals surface area contributed by atoms with Crippen LogP contribution in [0.1, 0.15) is 23.9 Å². The summed E-state index contributed by atoms with van der Waals surface area (Å²) in [6, 6.07) is 14.4. The van der Waals surface area contributed by atoms with Gasteiger partial charge in [-0.05, 0) is 43.7 Å². The number of ether oxygens (including phenoxy) is 1. The first kappa shape index (κ1) is 17.5. The summed E-state index contributed by atoms with van der Waals surface area (Å²) in [7, 11) is 0. The number of nitrogens with zero attached hydrogens (tertiary/aromatic N) is 3.